The van der Waals surface area contributed by atoms with E-state index in [-0.39, 0.29) is 0 Å². The van der Waals surface area contributed by atoms with Gasteiger partial charge in [-0.15, -0.1) is 0 Å². The first-order valence-corrected chi connectivity index (χ1v) is 5.85. The summed E-state index contributed by atoms with van der Waals surface area (Å²) >= 11 is 3.40. The summed E-state index contributed by atoms with van der Waals surface area (Å²) in [6.45, 7) is 6.03. The van der Waals surface area contributed by atoms with Crippen molar-refractivity contribution in [3.63, 3.8) is 0 Å². The Kier molecular flexibility index (Phi) is 4.17. The molecule has 0 amide bonds. The predicted molar refractivity (Wildman–Crippen MR) is 65.3 cm³/mol. The van der Waals surface area contributed by atoms with E-state index in [1.807, 2.05) is 32.0 Å². The van der Waals surface area contributed by atoms with E-state index in [4.69, 9.17) is 4.74 Å². The van der Waals surface area contributed by atoms with Crippen LogP contribution in [0.3, 0.4) is 0 Å². The summed E-state index contributed by atoms with van der Waals surface area (Å²) < 4.78 is 6.61. The molecular weight excluding hydrogens is 256 g/mol. The van der Waals surface area contributed by atoms with E-state index in [2.05, 4.69) is 15.9 Å². The van der Waals surface area contributed by atoms with Crippen LogP contribution in [-0.4, -0.2) is 17.3 Å². The molecule has 15 heavy (non-hydrogen) atoms. The lowest BCUT2D eigenvalue weighted by Crippen LogP contribution is -2.31. The van der Waals surface area contributed by atoms with Gasteiger partial charge in [0.25, 0.3) is 0 Å². The molecule has 84 valence electrons. The van der Waals surface area contributed by atoms with Crippen molar-refractivity contribution in [2.75, 3.05) is 6.61 Å². The van der Waals surface area contributed by atoms with E-state index in [0.717, 1.165) is 15.8 Å². The molecule has 1 unspecified atom stereocenters. The summed E-state index contributed by atoms with van der Waals surface area (Å²) in [4.78, 5) is 0. The minimum absolute atomic E-state index is 0.325. The quantitative estimate of drug-likeness (QED) is 0.912. The normalized spacial score (nSPS) is 14.7. The van der Waals surface area contributed by atoms with Gasteiger partial charge in [-0.3, -0.25) is 0 Å². The summed E-state index contributed by atoms with van der Waals surface area (Å²) in [5, 5.41) is 9.80. The van der Waals surface area contributed by atoms with Gasteiger partial charge in [0, 0.05) is 4.47 Å². The van der Waals surface area contributed by atoms with Crippen LogP contribution in [0.4, 0.5) is 0 Å². The van der Waals surface area contributed by atoms with Crippen LogP contribution in [0, 0.1) is 6.92 Å². The van der Waals surface area contributed by atoms with Crippen LogP contribution in [-0.2, 0) is 0 Å². The van der Waals surface area contributed by atoms with E-state index in [9.17, 15) is 5.11 Å². The molecule has 0 aliphatic carbocycles. The van der Waals surface area contributed by atoms with Crippen molar-refractivity contribution in [3.05, 3.63) is 28.2 Å². The summed E-state index contributed by atoms with van der Waals surface area (Å²) in [5.74, 6) is 0.826. The second-order valence-corrected chi connectivity index (χ2v) is 4.96. The smallest absolute Gasteiger partial charge is 0.122 e. The predicted octanol–water partition coefficient (Wildman–Crippen LogP) is 3.30. The first-order valence-electron chi connectivity index (χ1n) is 5.06. The van der Waals surface area contributed by atoms with Gasteiger partial charge in [0.15, 0.2) is 0 Å². The largest absolute Gasteiger partial charge is 0.490 e. The van der Waals surface area contributed by atoms with Gasteiger partial charge >= 0.3 is 0 Å². The standard InChI is InChI=1S/C12H17BrO2/c1-4-12(3,14)8-15-11-6-5-10(13)7-9(11)2/h5-7,14H,4,8H2,1-3H3. The number of aliphatic hydroxyl groups is 1. The van der Waals surface area contributed by atoms with Crippen molar-refractivity contribution in [2.45, 2.75) is 32.8 Å². The third-order valence-electron chi connectivity index (χ3n) is 2.44. The first-order chi connectivity index (χ1) is 6.94. The highest BCUT2D eigenvalue weighted by atomic mass is 79.9. The number of rotatable bonds is 4. The van der Waals surface area contributed by atoms with Crippen molar-refractivity contribution in [2.24, 2.45) is 0 Å². The molecule has 0 bridgehead atoms. The maximum Gasteiger partial charge on any atom is 0.122 e. The molecule has 3 heteroatoms. The van der Waals surface area contributed by atoms with Crippen LogP contribution in [0.2, 0.25) is 0 Å². The van der Waals surface area contributed by atoms with E-state index in [1.165, 1.54) is 0 Å². The Morgan fingerprint density at radius 2 is 2.13 bits per heavy atom. The lowest BCUT2D eigenvalue weighted by molar-refractivity contribution is 0.00827. The molecule has 1 aromatic rings. The van der Waals surface area contributed by atoms with Gasteiger partial charge in [-0.2, -0.15) is 0 Å². The van der Waals surface area contributed by atoms with Gasteiger partial charge in [0.05, 0.1) is 5.60 Å². The Hall–Kier alpha value is -0.540. The molecule has 2 nitrogen and oxygen atoms in total. The summed E-state index contributed by atoms with van der Waals surface area (Å²) in [5.41, 5.74) is 0.316. The van der Waals surface area contributed by atoms with Crippen molar-refractivity contribution < 1.29 is 9.84 Å². The van der Waals surface area contributed by atoms with E-state index < -0.39 is 5.60 Å². The minimum atomic E-state index is -0.750. The van der Waals surface area contributed by atoms with E-state index in [1.54, 1.807) is 6.92 Å². The van der Waals surface area contributed by atoms with Gasteiger partial charge in [-0.25, -0.2) is 0 Å². The summed E-state index contributed by atoms with van der Waals surface area (Å²) in [6.07, 6.45) is 0.683. The van der Waals surface area contributed by atoms with Gasteiger partial charge < -0.3 is 9.84 Å². The summed E-state index contributed by atoms with van der Waals surface area (Å²) in [7, 11) is 0. The zero-order chi connectivity index (χ0) is 11.5. The molecule has 1 rings (SSSR count). The molecule has 1 N–H and O–H groups in total. The number of hydrogen-bond donors (Lipinski definition) is 1. The molecule has 0 aliphatic rings. The molecule has 1 aromatic carbocycles. The average Bonchev–Trinajstić information content (AvgIpc) is 2.16. The van der Waals surface area contributed by atoms with E-state index in [0.29, 0.717) is 13.0 Å². The molecule has 0 heterocycles. The Bertz CT molecular complexity index is 334. The zero-order valence-electron chi connectivity index (χ0n) is 9.38. The second-order valence-electron chi connectivity index (χ2n) is 4.05. The molecule has 0 fully saturated rings. The number of hydrogen-bond acceptors (Lipinski definition) is 2. The molecule has 0 aliphatic heterocycles. The van der Waals surface area contributed by atoms with E-state index >= 15 is 0 Å². The van der Waals surface area contributed by atoms with Crippen LogP contribution < -0.4 is 4.74 Å². The highest BCUT2D eigenvalue weighted by Gasteiger charge is 2.18. The van der Waals surface area contributed by atoms with Crippen LogP contribution in [0.15, 0.2) is 22.7 Å². The molecule has 0 aromatic heterocycles. The molecule has 0 radical (unpaired) electrons. The fourth-order valence-corrected chi connectivity index (χ4v) is 1.59. The third kappa shape index (κ3) is 3.84. The highest BCUT2D eigenvalue weighted by molar-refractivity contribution is 9.10. The van der Waals surface area contributed by atoms with Gasteiger partial charge in [0.2, 0.25) is 0 Å². The highest BCUT2D eigenvalue weighted by Crippen LogP contribution is 2.23. The van der Waals surface area contributed by atoms with Crippen LogP contribution in [0.5, 0.6) is 5.75 Å². The van der Waals surface area contributed by atoms with Crippen LogP contribution >= 0.6 is 15.9 Å². The Morgan fingerprint density at radius 1 is 1.47 bits per heavy atom. The third-order valence-corrected chi connectivity index (χ3v) is 2.93. The van der Waals surface area contributed by atoms with Crippen molar-refractivity contribution in [3.8, 4) is 5.75 Å². The molecular formula is C12H17BrO2. The van der Waals surface area contributed by atoms with Crippen molar-refractivity contribution >= 4 is 15.9 Å². The van der Waals surface area contributed by atoms with Crippen LogP contribution in [0.25, 0.3) is 0 Å². The van der Waals surface area contributed by atoms with Gasteiger partial charge in [-0.1, -0.05) is 22.9 Å². The zero-order valence-corrected chi connectivity index (χ0v) is 11.0. The summed E-state index contributed by atoms with van der Waals surface area (Å²) in [6, 6.07) is 5.84. The average molecular weight is 273 g/mol. The molecule has 0 saturated carbocycles. The van der Waals surface area contributed by atoms with Crippen LogP contribution in [0.1, 0.15) is 25.8 Å². The second kappa shape index (κ2) is 4.99. The number of halogens is 1. The monoisotopic (exact) mass is 272 g/mol. The molecule has 0 spiro atoms. The number of benzene rings is 1. The first kappa shape index (κ1) is 12.5. The number of ether oxygens (including phenoxy) is 1. The molecule has 0 saturated heterocycles. The molecule has 1 atom stereocenters. The SMILES string of the molecule is CCC(C)(O)COc1ccc(Br)cc1C. The topological polar surface area (TPSA) is 29.5 Å². The fourth-order valence-electron chi connectivity index (χ4n) is 1.11. The van der Waals surface area contributed by atoms with Crippen molar-refractivity contribution in [1.82, 2.24) is 0 Å². The Morgan fingerprint density at radius 3 is 2.67 bits per heavy atom. The maximum absolute atomic E-state index is 9.80. The lowest BCUT2D eigenvalue weighted by atomic mass is 10.1. The Balaban J connectivity index is 2.66. The van der Waals surface area contributed by atoms with Gasteiger partial charge in [-0.05, 0) is 44.0 Å². The van der Waals surface area contributed by atoms with Crippen molar-refractivity contribution in [1.29, 1.82) is 0 Å². The minimum Gasteiger partial charge on any atom is -0.490 e. The lowest BCUT2D eigenvalue weighted by Gasteiger charge is -2.22. The fraction of sp³-hybridized carbons (Fsp3) is 0.500. The Labute approximate surface area is 99.4 Å². The number of aryl methyl sites for hydroxylation is 1. The maximum atomic E-state index is 9.80. The van der Waals surface area contributed by atoms with Gasteiger partial charge in [0.1, 0.15) is 12.4 Å².